The Bertz CT molecular complexity index is 334. The Kier molecular flexibility index (Phi) is 7.00. The second-order valence-electron chi connectivity index (χ2n) is 3.36. The number of benzene rings is 1. The zero-order chi connectivity index (χ0) is 12.5. The molecule has 96 valence electrons. The third kappa shape index (κ3) is 4.93. The van der Waals surface area contributed by atoms with E-state index in [1.807, 2.05) is 18.2 Å². The maximum absolute atomic E-state index is 5.66. The van der Waals surface area contributed by atoms with Crippen molar-refractivity contribution < 1.29 is 14.2 Å². The molecule has 1 N–H and O–H groups in total. The number of methoxy groups -OCH3 is 2. The molecule has 0 spiro atoms. The molecule has 0 aliphatic rings. The van der Waals surface area contributed by atoms with Crippen molar-refractivity contribution in [1.29, 1.82) is 0 Å². The topological polar surface area (TPSA) is 39.7 Å². The molecule has 1 aromatic rings. The van der Waals surface area contributed by atoms with Crippen LogP contribution in [0.4, 0.5) is 0 Å². The lowest BCUT2D eigenvalue weighted by molar-refractivity contribution is 0.196. The molecule has 0 amide bonds. The Hall–Kier alpha value is -0.780. The molecule has 0 radical (unpaired) electrons. The molecule has 0 saturated heterocycles. The summed E-state index contributed by atoms with van der Waals surface area (Å²) in [5, 5.41) is 3.21. The van der Waals surface area contributed by atoms with E-state index in [1.54, 1.807) is 14.2 Å². The van der Waals surface area contributed by atoms with Gasteiger partial charge in [-0.25, -0.2) is 0 Å². The van der Waals surface area contributed by atoms with E-state index in [0.717, 1.165) is 29.1 Å². The lowest BCUT2D eigenvalue weighted by Gasteiger charge is -2.12. The Labute approximate surface area is 110 Å². The quantitative estimate of drug-likeness (QED) is 0.746. The van der Waals surface area contributed by atoms with E-state index in [0.29, 0.717) is 13.2 Å². The first kappa shape index (κ1) is 14.3. The summed E-state index contributed by atoms with van der Waals surface area (Å²) in [5.41, 5.74) is 0. The predicted octanol–water partition coefficient (Wildman–Crippen LogP) is 2.07. The normalized spacial score (nSPS) is 10.3. The van der Waals surface area contributed by atoms with Crippen molar-refractivity contribution in [3.8, 4) is 11.5 Å². The highest BCUT2D eigenvalue weighted by molar-refractivity contribution is 9.10. The van der Waals surface area contributed by atoms with Crippen molar-refractivity contribution in [2.24, 2.45) is 0 Å². The van der Waals surface area contributed by atoms with Crippen molar-refractivity contribution in [1.82, 2.24) is 5.32 Å². The first-order chi connectivity index (χ1) is 8.29. The van der Waals surface area contributed by atoms with Crippen molar-refractivity contribution in [3.05, 3.63) is 22.7 Å². The highest BCUT2D eigenvalue weighted by Gasteiger charge is 2.07. The average molecular weight is 304 g/mol. The molecule has 0 atom stereocenters. The number of nitrogens with one attached hydrogen (secondary N) is 1. The number of para-hydroxylation sites is 1. The average Bonchev–Trinajstić information content (AvgIpc) is 2.35. The van der Waals surface area contributed by atoms with Crippen LogP contribution in [0.25, 0.3) is 0 Å². The van der Waals surface area contributed by atoms with Gasteiger partial charge in [-0.15, -0.1) is 0 Å². The highest BCUT2D eigenvalue weighted by atomic mass is 79.9. The number of halogens is 1. The summed E-state index contributed by atoms with van der Waals surface area (Å²) in [6.45, 7) is 2.89. The second-order valence-corrected chi connectivity index (χ2v) is 4.22. The minimum atomic E-state index is 0.586. The lowest BCUT2D eigenvalue weighted by Crippen LogP contribution is -2.24. The Morgan fingerprint density at radius 3 is 2.65 bits per heavy atom. The van der Waals surface area contributed by atoms with Gasteiger partial charge in [-0.05, 0) is 28.1 Å². The SMILES string of the molecule is COCCNCCOc1c(Br)cccc1OC. The van der Waals surface area contributed by atoms with Crippen molar-refractivity contribution in [2.45, 2.75) is 0 Å². The van der Waals surface area contributed by atoms with Gasteiger partial charge in [-0.3, -0.25) is 0 Å². The highest BCUT2D eigenvalue weighted by Crippen LogP contribution is 2.34. The fourth-order valence-corrected chi connectivity index (χ4v) is 1.78. The molecule has 0 aliphatic heterocycles. The van der Waals surface area contributed by atoms with Crippen LogP contribution in [-0.4, -0.2) is 40.5 Å². The Morgan fingerprint density at radius 2 is 1.94 bits per heavy atom. The van der Waals surface area contributed by atoms with Gasteiger partial charge in [0, 0.05) is 20.2 Å². The molecule has 0 unspecified atom stereocenters. The van der Waals surface area contributed by atoms with Gasteiger partial charge in [-0.1, -0.05) is 6.07 Å². The number of hydrogen-bond donors (Lipinski definition) is 1. The molecule has 0 saturated carbocycles. The predicted molar refractivity (Wildman–Crippen MR) is 70.9 cm³/mol. The molecule has 0 bridgehead atoms. The summed E-state index contributed by atoms with van der Waals surface area (Å²) in [7, 11) is 3.32. The van der Waals surface area contributed by atoms with Crippen LogP contribution in [0.5, 0.6) is 11.5 Å². The van der Waals surface area contributed by atoms with Crippen LogP contribution >= 0.6 is 15.9 Å². The summed E-state index contributed by atoms with van der Waals surface area (Å²) in [5.74, 6) is 1.47. The first-order valence-electron chi connectivity index (χ1n) is 5.44. The van der Waals surface area contributed by atoms with Crippen LogP contribution in [0.1, 0.15) is 0 Å². The number of rotatable bonds is 8. The third-order valence-electron chi connectivity index (χ3n) is 2.16. The standard InChI is InChI=1S/C12H18BrNO3/c1-15-8-6-14-7-9-17-12-10(13)4-3-5-11(12)16-2/h3-5,14H,6-9H2,1-2H3. The monoisotopic (exact) mass is 303 g/mol. The van der Waals surface area contributed by atoms with Crippen molar-refractivity contribution in [3.63, 3.8) is 0 Å². The minimum Gasteiger partial charge on any atom is -0.493 e. The fourth-order valence-electron chi connectivity index (χ4n) is 1.31. The molecule has 0 aliphatic carbocycles. The van der Waals surface area contributed by atoms with Gasteiger partial charge in [0.15, 0.2) is 11.5 Å². The van der Waals surface area contributed by atoms with Crippen LogP contribution in [0.3, 0.4) is 0 Å². The Morgan fingerprint density at radius 1 is 1.18 bits per heavy atom. The van der Waals surface area contributed by atoms with Crippen molar-refractivity contribution >= 4 is 15.9 Å². The van der Waals surface area contributed by atoms with Crippen LogP contribution in [0.2, 0.25) is 0 Å². The Balaban J connectivity index is 2.35. The van der Waals surface area contributed by atoms with E-state index in [2.05, 4.69) is 21.2 Å². The second kappa shape index (κ2) is 8.33. The van der Waals surface area contributed by atoms with Crippen LogP contribution in [0.15, 0.2) is 22.7 Å². The molecule has 1 aromatic carbocycles. The summed E-state index contributed by atoms with van der Waals surface area (Å²) in [4.78, 5) is 0. The molecule has 4 nitrogen and oxygen atoms in total. The smallest absolute Gasteiger partial charge is 0.175 e. The third-order valence-corrected chi connectivity index (χ3v) is 2.78. The van der Waals surface area contributed by atoms with Gasteiger partial charge >= 0.3 is 0 Å². The molecule has 5 heteroatoms. The summed E-state index contributed by atoms with van der Waals surface area (Å²) in [6, 6.07) is 5.71. The van der Waals surface area contributed by atoms with E-state index in [9.17, 15) is 0 Å². The lowest BCUT2D eigenvalue weighted by atomic mass is 10.3. The van der Waals surface area contributed by atoms with Crippen LogP contribution in [0, 0.1) is 0 Å². The minimum absolute atomic E-state index is 0.586. The van der Waals surface area contributed by atoms with Crippen molar-refractivity contribution in [2.75, 3.05) is 40.5 Å². The van der Waals surface area contributed by atoms with Gasteiger partial charge in [0.1, 0.15) is 6.61 Å². The maximum Gasteiger partial charge on any atom is 0.175 e. The molecule has 0 fully saturated rings. The maximum atomic E-state index is 5.66. The van der Waals surface area contributed by atoms with Crippen LogP contribution < -0.4 is 14.8 Å². The molecule has 0 aromatic heterocycles. The van der Waals surface area contributed by atoms with E-state index in [1.165, 1.54) is 0 Å². The molecule has 0 heterocycles. The molecular formula is C12H18BrNO3. The van der Waals surface area contributed by atoms with Gasteiger partial charge in [0.2, 0.25) is 0 Å². The van der Waals surface area contributed by atoms with Gasteiger partial charge in [-0.2, -0.15) is 0 Å². The summed E-state index contributed by atoms with van der Waals surface area (Å²) in [6.07, 6.45) is 0. The zero-order valence-corrected chi connectivity index (χ0v) is 11.7. The van der Waals surface area contributed by atoms with E-state index >= 15 is 0 Å². The van der Waals surface area contributed by atoms with Gasteiger partial charge < -0.3 is 19.5 Å². The van der Waals surface area contributed by atoms with E-state index in [-0.39, 0.29) is 0 Å². The van der Waals surface area contributed by atoms with Crippen LogP contribution in [-0.2, 0) is 4.74 Å². The first-order valence-corrected chi connectivity index (χ1v) is 6.24. The fraction of sp³-hybridized carbons (Fsp3) is 0.500. The van der Waals surface area contributed by atoms with Gasteiger partial charge in [0.25, 0.3) is 0 Å². The van der Waals surface area contributed by atoms with E-state index < -0.39 is 0 Å². The summed E-state index contributed by atoms with van der Waals surface area (Å²) < 4.78 is 16.7. The molecule has 1 rings (SSSR count). The number of ether oxygens (including phenoxy) is 3. The summed E-state index contributed by atoms with van der Waals surface area (Å²) >= 11 is 3.44. The largest absolute Gasteiger partial charge is 0.493 e. The van der Waals surface area contributed by atoms with Gasteiger partial charge in [0.05, 0.1) is 18.2 Å². The number of hydrogen-bond acceptors (Lipinski definition) is 4. The van der Waals surface area contributed by atoms with E-state index in [4.69, 9.17) is 14.2 Å². The zero-order valence-electron chi connectivity index (χ0n) is 10.2. The molecular weight excluding hydrogens is 286 g/mol. The molecule has 17 heavy (non-hydrogen) atoms.